The minimum Gasteiger partial charge on any atom is -0.493 e. The SMILES string of the molecule is CCOc1cc(/C=N/NC(=O)c2cc3cc(Cl)ccc3o2)c(Cl)cc1OC. The summed E-state index contributed by atoms with van der Waals surface area (Å²) in [6.07, 6.45) is 1.42. The second-order valence-corrected chi connectivity index (χ2v) is 6.29. The average Bonchev–Trinajstić information content (AvgIpc) is 3.07. The lowest BCUT2D eigenvalue weighted by atomic mass is 10.2. The van der Waals surface area contributed by atoms with Crippen LogP contribution in [0.25, 0.3) is 11.0 Å². The van der Waals surface area contributed by atoms with Gasteiger partial charge in [-0.1, -0.05) is 23.2 Å². The molecule has 0 aliphatic heterocycles. The van der Waals surface area contributed by atoms with Gasteiger partial charge in [0.1, 0.15) is 5.58 Å². The zero-order valence-corrected chi connectivity index (χ0v) is 16.1. The summed E-state index contributed by atoms with van der Waals surface area (Å²) in [5.74, 6) is 0.684. The van der Waals surface area contributed by atoms with Gasteiger partial charge in [-0.15, -0.1) is 0 Å². The summed E-state index contributed by atoms with van der Waals surface area (Å²) >= 11 is 12.1. The monoisotopic (exact) mass is 406 g/mol. The summed E-state index contributed by atoms with van der Waals surface area (Å²) in [6, 6.07) is 10.0. The molecule has 0 bridgehead atoms. The Morgan fingerprint density at radius 1 is 1.22 bits per heavy atom. The number of fused-ring (bicyclic) bond motifs is 1. The van der Waals surface area contributed by atoms with Gasteiger partial charge < -0.3 is 13.9 Å². The van der Waals surface area contributed by atoms with Gasteiger partial charge in [0, 0.05) is 22.0 Å². The van der Waals surface area contributed by atoms with E-state index in [4.69, 9.17) is 37.1 Å². The molecule has 0 aliphatic carbocycles. The molecule has 0 fully saturated rings. The highest BCUT2D eigenvalue weighted by Gasteiger charge is 2.12. The van der Waals surface area contributed by atoms with E-state index in [-0.39, 0.29) is 5.76 Å². The number of ether oxygens (including phenoxy) is 2. The average molecular weight is 407 g/mol. The molecule has 0 unspecified atom stereocenters. The molecular formula is C19H16Cl2N2O4. The number of nitrogens with zero attached hydrogens (tertiary/aromatic N) is 1. The summed E-state index contributed by atoms with van der Waals surface area (Å²) in [7, 11) is 1.53. The third kappa shape index (κ3) is 4.35. The first kappa shape index (κ1) is 19.1. The topological polar surface area (TPSA) is 73.1 Å². The Hall–Kier alpha value is -2.70. The summed E-state index contributed by atoms with van der Waals surface area (Å²) in [4.78, 5) is 12.2. The third-order valence-electron chi connectivity index (χ3n) is 3.65. The molecule has 0 saturated carbocycles. The molecule has 2 aromatic carbocycles. The number of carbonyl (C=O) groups excluding carboxylic acids is 1. The number of amides is 1. The van der Waals surface area contributed by atoms with Crippen LogP contribution >= 0.6 is 23.2 Å². The molecule has 6 nitrogen and oxygen atoms in total. The van der Waals surface area contributed by atoms with E-state index in [0.29, 0.717) is 39.3 Å². The van der Waals surface area contributed by atoms with Crippen molar-refractivity contribution in [2.45, 2.75) is 6.92 Å². The fraction of sp³-hybridized carbons (Fsp3) is 0.158. The summed E-state index contributed by atoms with van der Waals surface area (Å²) in [6.45, 7) is 2.34. The predicted octanol–water partition coefficient (Wildman–Crippen LogP) is 4.91. The van der Waals surface area contributed by atoms with E-state index < -0.39 is 5.91 Å². The largest absolute Gasteiger partial charge is 0.493 e. The van der Waals surface area contributed by atoms with Gasteiger partial charge in [0.2, 0.25) is 0 Å². The van der Waals surface area contributed by atoms with Crippen LogP contribution < -0.4 is 14.9 Å². The van der Waals surface area contributed by atoms with Gasteiger partial charge >= 0.3 is 5.91 Å². The van der Waals surface area contributed by atoms with Gasteiger partial charge in [-0.25, -0.2) is 5.43 Å². The summed E-state index contributed by atoms with van der Waals surface area (Å²) in [5.41, 5.74) is 3.53. The number of hydrogen-bond acceptors (Lipinski definition) is 5. The van der Waals surface area contributed by atoms with Crippen LogP contribution in [0.3, 0.4) is 0 Å². The van der Waals surface area contributed by atoms with Crippen molar-refractivity contribution in [1.29, 1.82) is 0 Å². The first-order valence-electron chi connectivity index (χ1n) is 8.04. The van der Waals surface area contributed by atoms with E-state index in [9.17, 15) is 4.79 Å². The molecule has 1 amide bonds. The van der Waals surface area contributed by atoms with Gasteiger partial charge in [-0.3, -0.25) is 4.79 Å². The van der Waals surface area contributed by atoms with E-state index >= 15 is 0 Å². The van der Waals surface area contributed by atoms with E-state index in [1.54, 1.807) is 36.4 Å². The maximum absolute atomic E-state index is 12.2. The minimum atomic E-state index is -0.492. The summed E-state index contributed by atoms with van der Waals surface area (Å²) < 4.78 is 16.2. The van der Waals surface area contributed by atoms with Crippen molar-refractivity contribution in [3.8, 4) is 11.5 Å². The number of hydrogen-bond donors (Lipinski definition) is 1. The van der Waals surface area contributed by atoms with Crippen molar-refractivity contribution in [1.82, 2.24) is 5.43 Å². The number of halogens is 2. The highest BCUT2D eigenvalue weighted by molar-refractivity contribution is 6.33. The van der Waals surface area contributed by atoms with Crippen molar-refractivity contribution < 1.29 is 18.7 Å². The molecule has 0 aliphatic rings. The van der Waals surface area contributed by atoms with Crippen LogP contribution in [0.4, 0.5) is 0 Å². The van der Waals surface area contributed by atoms with Crippen LogP contribution in [-0.2, 0) is 0 Å². The quantitative estimate of drug-likeness (QED) is 0.466. The van der Waals surface area contributed by atoms with E-state index in [2.05, 4.69) is 10.5 Å². The van der Waals surface area contributed by atoms with E-state index in [1.165, 1.54) is 13.3 Å². The first-order chi connectivity index (χ1) is 13.0. The standard InChI is InChI=1S/C19H16Cl2N2O4/c1-3-26-17-8-12(14(21)9-16(17)25-2)10-22-23-19(24)18-7-11-6-13(20)4-5-15(11)27-18/h4-10H,3H2,1-2H3,(H,23,24)/b22-10+. The van der Waals surface area contributed by atoms with Crippen LogP contribution in [0.15, 0.2) is 45.9 Å². The Morgan fingerprint density at radius 2 is 2.04 bits per heavy atom. The lowest BCUT2D eigenvalue weighted by molar-refractivity contribution is 0.0929. The van der Waals surface area contributed by atoms with Crippen LogP contribution in [0.1, 0.15) is 23.0 Å². The van der Waals surface area contributed by atoms with Crippen molar-refractivity contribution in [2.24, 2.45) is 5.10 Å². The number of methoxy groups -OCH3 is 1. The number of furan rings is 1. The maximum atomic E-state index is 12.2. The van der Waals surface area contributed by atoms with Gasteiger partial charge in [0.25, 0.3) is 0 Å². The molecule has 0 atom stereocenters. The molecule has 8 heteroatoms. The van der Waals surface area contributed by atoms with Crippen molar-refractivity contribution in [2.75, 3.05) is 13.7 Å². The van der Waals surface area contributed by atoms with Crippen molar-refractivity contribution >= 4 is 46.3 Å². The molecule has 1 aromatic heterocycles. The Bertz CT molecular complexity index is 1010. The molecule has 0 saturated heterocycles. The van der Waals surface area contributed by atoms with Crippen LogP contribution in [0.2, 0.25) is 10.0 Å². The van der Waals surface area contributed by atoms with Crippen molar-refractivity contribution in [3.05, 3.63) is 57.8 Å². The zero-order valence-electron chi connectivity index (χ0n) is 14.6. The second-order valence-electron chi connectivity index (χ2n) is 5.45. The van der Waals surface area contributed by atoms with E-state index in [1.807, 2.05) is 6.92 Å². The number of carbonyl (C=O) groups is 1. The molecule has 1 N–H and O–H groups in total. The lowest BCUT2D eigenvalue weighted by Gasteiger charge is -2.11. The minimum absolute atomic E-state index is 0.125. The van der Waals surface area contributed by atoms with Gasteiger partial charge in [-0.05, 0) is 37.3 Å². The molecule has 27 heavy (non-hydrogen) atoms. The second kappa shape index (κ2) is 8.33. The Morgan fingerprint density at radius 3 is 2.78 bits per heavy atom. The predicted molar refractivity (Wildman–Crippen MR) is 105 cm³/mol. The zero-order chi connectivity index (χ0) is 19.4. The number of rotatable bonds is 6. The molecule has 0 spiro atoms. The fourth-order valence-electron chi connectivity index (χ4n) is 2.42. The number of hydrazone groups is 1. The fourth-order valence-corrected chi connectivity index (χ4v) is 2.80. The van der Waals surface area contributed by atoms with Gasteiger partial charge in [0.15, 0.2) is 17.3 Å². The smallest absolute Gasteiger partial charge is 0.307 e. The van der Waals surface area contributed by atoms with E-state index in [0.717, 1.165) is 5.39 Å². The molecular weight excluding hydrogens is 391 g/mol. The first-order valence-corrected chi connectivity index (χ1v) is 8.80. The Balaban J connectivity index is 1.75. The van der Waals surface area contributed by atoms with Gasteiger partial charge in [0.05, 0.1) is 25.0 Å². The molecule has 3 rings (SSSR count). The maximum Gasteiger partial charge on any atom is 0.307 e. The normalized spacial score (nSPS) is 11.1. The molecule has 0 radical (unpaired) electrons. The number of nitrogens with one attached hydrogen (secondary N) is 1. The molecule has 1 heterocycles. The number of benzene rings is 2. The molecule has 140 valence electrons. The van der Waals surface area contributed by atoms with Crippen molar-refractivity contribution in [3.63, 3.8) is 0 Å². The Kier molecular flexibility index (Phi) is 5.88. The highest BCUT2D eigenvalue weighted by atomic mass is 35.5. The van der Waals surface area contributed by atoms with Crippen LogP contribution in [0, 0.1) is 0 Å². The van der Waals surface area contributed by atoms with Crippen LogP contribution in [-0.4, -0.2) is 25.8 Å². The lowest BCUT2D eigenvalue weighted by Crippen LogP contribution is -2.16. The Labute approximate surface area is 165 Å². The highest BCUT2D eigenvalue weighted by Crippen LogP contribution is 2.32. The van der Waals surface area contributed by atoms with Gasteiger partial charge in [-0.2, -0.15) is 5.10 Å². The third-order valence-corrected chi connectivity index (χ3v) is 4.22. The summed E-state index contributed by atoms with van der Waals surface area (Å²) in [5, 5.41) is 5.64. The molecule has 3 aromatic rings. The van der Waals surface area contributed by atoms with Crippen LogP contribution in [0.5, 0.6) is 11.5 Å².